The summed E-state index contributed by atoms with van der Waals surface area (Å²) in [6.07, 6.45) is 0.796. The number of nitrogens with zero attached hydrogens (tertiary/aromatic N) is 3. The molecule has 7 heteroatoms. The average molecular weight is 397 g/mol. The highest BCUT2D eigenvalue weighted by molar-refractivity contribution is 7.99. The van der Waals surface area contributed by atoms with Crippen LogP contribution in [0.15, 0.2) is 59.8 Å². The fourth-order valence-corrected chi connectivity index (χ4v) is 3.47. The molecule has 146 valence electrons. The Balaban J connectivity index is 1.80. The maximum Gasteiger partial charge on any atom is 0.230 e. The summed E-state index contributed by atoms with van der Waals surface area (Å²) in [5.41, 5.74) is 3.13. The molecule has 6 nitrogen and oxygen atoms in total. The van der Waals surface area contributed by atoms with E-state index in [9.17, 15) is 4.79 Å². The van der Waals surface area contributed by atoms with Crippen molar-refractivity contribution in [2.75, 3.05) is 26.0 Å². The molecule has 0 aliphatic rings. The Hall–Kier alpha value is -2.64. The second-order valence-corrected chi connectivity index (χ2v) is 7.27. The first kappa shape index (κ1) is 20.1. The van der Waals surface area contributed by atoms with Crippen LogP contribution in [0.4, 0.5) is 0 Å². The molecule has 1 aromatic heterocycles. The van der Waals surface area contributed by atoms with Crippen LogP contribution in [0.2, 0.25) is 0 Å². The standard InChI is InChI=1S/C21H24N4O2S/c1-16-9-11-18(12-10-16)25-20(17-7-4-3-5-8-17)23-24-21(25)28-15-19(26)22-13-6-14-27-2/h3-5,7-12H,6,13-15H2,1-2H3,(H,22,26). The van der Waals surface area contributed by atoms with Crippen LogP contribution in [0, 0.1) is 6.92 Å². The summed E-state index contributed by atoms with van der Waals surface area (Å²) >= 11 is 1.38. The molecular formula is C21H24N4O2S. The van der Waals surface area contributed by atoms with Crippen molar-refractivity contribution >= 4 is 17.7 Å². The van der Waals surface area contributed by atoms with Crippen LogP contribution in [0.25, 0.3) is 17.1 Å². The lowest BCUT2D eigenvalue weighted by molar-refractivity contribution is -0.118. The van der Waals surface area contributed by atoms with E-state index in [0.717, 1.165) is 23.5 Å². The number of hydrogen-bond acceptors (Lipinski definition) is 5. The van der Waals surface area contributed by atoms with Gasteiger partial charge in [0.2, 0.25) is 5.91 Å². The number of hydrogen-bond donors (Lipinski definition) is 1. The number of amides is 1. The summed E-state index contributed by atoms with van der Waals surface area (Å²) in [5, 5.41) is 12.3. The van der Waals surface area contributed by atoms with Crippen LogP contribution in [0.1, 0.15) is 12.0 Å². The molecule has 28 heavy (non-hydrogen) atoms. The molecule has 0 radical (unpaired) electrons. The second-order valence-electron chi connectivity index (χ2n) is 6.33. The van der Waals surface area contributed by atoms with Gasteiger partial charge in [-0.3, -0.25) is 9.36 Å². The summed E-state index contributed by atoms with van der Waals surface area (Å²) in [4.78, 5) is 12.1. The average Bonchev–Trinajstić information content (AvgIpc) is 3.15. The Labute approximate surface area is 169 Å². The quantitative estimate of drug-likeness (QED) is 0.443. The first-order valence-electron chi connectivity index (χ1n) is 9.15. The van der Waals surface area contributed by atoms with Crippen LogP contribution in [-0.4, -0.2) is 46.7 Å². The zero-order valence-corrected chi connectivity index (χ0v) is 16.9. The van der Waals surface area contributed by atoms with Crippen molar-refractivity contribution in [1.29, 1.82) is 0 Å². The van der Waals surface area contributed by atoms with E-state index in [2.05, 4.69) is 34.6 Å². The number of carbonyl (C=O) groups excluding carboxylic acids is 1. The monoisotopic (exact) mass is 396 g/mol. The lowest BCUT2D eigenvalue weighted by Crippen LogP contribution is -2.26. The highest BCUT2D eigenvalue weighted by Gasteiger charge is 2.17. The van der Waals surface area contributed by atoms with Gasteiger partial charge < -0.3 is 10.1 Å². The van der Waals surface area contributed by atoms with Crippen LogP contribution in [0.3, 0.4) is 0 Å². The van der Waals surface area contributed by atoms with Gasteiger partial charge in [0.25, 0.3) is 0 Å². The van der Waals surface area contributed by atoms with E-state index in [1.807, 2.05) is 47.0 Å². The Morgan fingerprint density at radius 3 is 2.57 bits per heavy atom. The number of methoxy groups -OCH3 is 1. The molecule has 0 unspecified atom stereocenters. The van der Waals surface area contributed by atoms with E-state index >= 15 is 0 Å². The minimum Gasteiger partial charge on any atom is -0.385 e. The molecule has 0 saturated heterocycles. The normalized spacial score (nSPS) is 10.8. The number of nitrogens with one attached hydrogen (secondary N) is 1. The van der Waals surface area contributed by atoms with Crippen molar-refractivity contribution in [3.63, 3.8) is 0 Å². The predicted molar refractivity (Wildman–Crippen MR) is 112 cm³/mol. The van der Waals surface area contributed by atoms with E-state index in [-0.39, 0.29) is 11.7 Å². The number of benzene rings is 2. The summed E-state index contributed by atoms with van der Waals surface area (Å²) in [6, 6.07) is 18.1. The van der Waals surface area contributed by atoms with Crippen molar-refractivity contribution in [2.45, 2.75) is 18.5 Å². The van der Waals surface area contributed by atoms with Crippen molar-refractivity contribution in [2.24, 2.45) is 0 Å². The van der Waals surface area contributed by atoms with Crippen molar-refractivity contribution in [3.8, 4) is 17.1 Å². The van der Waals surface area contributed by atoms with Gasteiger partial charge in [-0.05, 0) is 25.5 Å². The number of thioether (sulfide) groups is 1. The predicted octanol–water partition coefficient (Wildman–Crippen LogP) is 3.49. The molecule has 0 fully saturated rings. The molecule has 3 aromatic rings. The third-order valence-corrected chi connectivity index (χ3v) is 5.07. The lowest BCUT2D eigenvalue weighted by Gasteiger charge is -2.11. The number of rotatable bonds is 9. The van der Waals surface area contributed by atoms with Gasteiger partial charge in [-0.25, -0.2) is 0 Å². The molecule has 0 spiro atoms. The largest absolute Gasteiger partial charge is 0.385 e. The summed E-state index contributed by atoms with van der Waals surface area (Å²) in [5.74, 6) is 1.01. The molecule has 0 saturated carbocycles. The van der Waals surface area contributed by atoms with Gasteiger partial charge >= 0.3 is 0 Å². The summed E-state index contributed by atoms with van der Waals surface area (Å²) < 4.78 is 6.99. The smallest absolute Gasteiger partial charge is 0.230 e. The Bertz CT molecular complexity index is 895. The first-order chi connectivity index (χ1) is 13.7. The Morgan fingerprint density at radius 1 is 1.11 bits per heavy atom. The van der Waals surface area contributed by atoms with E-state index in [0.29, 0.717) is 18.3 Å². The summed E-state index contributed by atoms with van der Waals surface area (Å²) in [6.45, 7) is 3.29. The van der Waals surface area contributed by atoms with Gasteiger partial charge in [-0.1, -0.05) is 59.8 Å². The van der Waals surface area contributed by atoms with Crippen molar-refractivity contribution in [3.05, 3.63) is 60.2 Å². The summed E-state index contributed by atoms with van der Waals surface area (Å²) in [7, 11) is 1.65. The molecular weight excluding hydrogens is 372 g/mol. The van der Waals surface area contributed by atoms with Crippen molar-refractivity contribution in [1.82, 2.24) is 20.1 Å². The number of aromatic nitrogens is 3. The van der Waals surface area contributed by atoms with Gasteiger partial charge in [0.15, 0.2) is 11.0 Å². The fraction of sp³-hybridized carbons (Fsp3) is 0.286. The van der Waals surface area contributed by atoms with E-state index < -0.39 is 0 Å². The molecule has 0 aliphatic carbocycles. The maximum atomic E-state index is 12.1. The molecule has 0 aliphatic heterocycles. The van der Waals surface area contributed by atoms with Crippen molar-refractivity contribution < 1.29 is 9.53 Å². The molecule has 1 N–H and O–H groups in total. The van der Waals surface area contributed by atoms with E-state index in [1.165, 1.54) is 17.3 Å². The van der Waals surface area contributed by atoms with Gasteiger partial charge in [-0.2, -0.15) is 0 Å². The van der Waals surface area contributed by atoms with Crippen LogP contribution >= 0.6 is 11.8 Å². The molecule has 0 bridgehead atoms. The highest BCUT2D eigenvalue weighted by Crippen LogP contribution is 2.27. The number of carbonyl (C=O) groups is 1. The van der Waals surface area contributed by atoms with E-state index in [1.54, 1.807) is 7.11 Å². The molecule has 2 aromatic carbocycles. The van der Waals surface area contributed by atoms with Gasteiger partial charge in [0.05, 0.1) is 5.75 Å². The first-order valence-corrected chi connectivity index (χ1v) is 10.1. The highest BCUT2D eigenvalue weighted by atomic mass is 32.2. The maximum absolute atomic E-state index is 12.1. The molecule has 3 rings (SSSR count). The Morgan fingerprint density at radius 2 is 1.86 bits per heavy atom. The van der Waals surface area contributed by atoms with Gasteiger partial charge in [0, 0.05) is 31.5 Å². The molecule has 1 heterocycles. The van der Waals surface area contributed by atoms with Crippen LogP contribution < -0.4 is 5.32 Å². The second kappa shape index (κ2) is 10.1. The minimum atomic E-state index is -0.0270. The topological polar surface area (TPSA) is 69.0 Å². The van der Waals surface area contributed by atoms with E-state index in [4.69, 9.17) is 4.74 Å². The fourth-order valence-electron chi connectivity index (χ4n) is 2.69. The zero-order chi connectivity index (χ0) is 19.8. The SMILES string of the molecule is COCCCNC(=O)CSc1nnc(-c2ccccc2)n1-c1ccc(C)cc1. The van der Waals surface area contributed by atoms with Gasteiger partial charge in [-0.15, -0.1) is 10.2 Å². The third-order valence-electron chi connectivity index (χ3n) is 4.14. The lowest BCUT2D eigenvalue weighted by atomic mass is 10.2. The molecule has 0 atom stereocenters. The minimum absolute atomic E-state index is 0.0270. The van der Waals surface area contributed by atoms with Crippen LogP contribution in [-0.2, 0) is 9.53 Å². The zero-order valence-electron chi connectivity index (χ0n) is 16.1. The Kier molecular flexibility index (Phi) is 7.22. The van der Waals surface area contributed by atoms with Crippen LogP contribution in [0.5, 0.6) is 0 Å². The van der Waals surface area contributed by atoms with Gasteiger partial charge in [0.1, 0.15) is 0 Å². The number of ether oxygens (including phenoxy) is 1. The molecule has 1 amide bonds. The third kappa shape index (κ3) is 5.21. The number of aryl methyl sites for hydroxylation is 1.